The van der Waals surface area contributed by atoms with E-state index >= 15 is 0 Å². The van der Waals surface area contributed by atoms with Crippen LogP contribution in [0.5, 0.6) is 11.5 Å². The molecule has 0 heterocycles. The second-order valence-corrected chi connectivity index (χ2v) is 5.53. The van der Waals surface area contributed by atoms with Gasteiger partial charge in [-0.2, -0.15) is 5.10 Å². The summed E-state index contributed by atoms with van der Waals surface area (Å²) in [5.74, 6) is 1.24. The lowest BCUT2D eigenvalue weighted by Gasteiger charge is -2.10. The van der Waals surface area contributed by atoms with Crippen LogP contribution in [0.25, 0.3) is 0 Å². The molecular formula is C17H17BrN2O3. The maximum absolute atomic E-state index is 10.8. The van der Waals surface area contributed by atoms with Crippen molar-refractivity contribution in [1.29, 1.82) is 0 Å². The summed E-state index contributed by atoms with van der Waals surface area (Å²) >= 11 is 3.40. The Bertz CT molecular complexity index is 675. The topological polar surface area (TPSA) is 59.9 Å². The molecule has 6 heteroatoms. The predicted molar refractivity (Wildman–Crippen MR) is 93.0 cm³/mol. The Hall–Kier alpha value is -2.34. The van der Waals surface area contributed by atoms with E-state index < -0.39 is 0 Å². The molecule has 0 radical (unpaired) electrons. The minimum Gasteiger partial charge on any atom is -0.490 e. The number of benzene rings is 2. The number of amides is 1. The standard InChI is InChI=1S/C17H17BrN2O3/c1-13(21)20-19-12-14-11-15(18)7-8-17(14)23-10-9-22-16-5-3-2-4-6-16/h2-8,11-12H,9-10H2,1H3,(H,20,21)/b19-12+. The molecule has 0 aliphatic rings. The molecule has 23 heavy (non-hydrogen) atoms. The SMILES string of the molecule is CC(=O)N/N=C/c1cc(Br)ccc1OCCOc1ccccc1. The number of nitrogens with zero attached hydrogens (tertiary/aromatic N) is 1. The molecule has 2 aromatic rings. The van der Waals surface area contributed by atoms with E-state index in [4.69, 9.17) is 9.47 Å². The van der Waals surface area contributed by atoms with E-state index in [1.54, 1.807) is 6.21 Å². The molecule has 1 amide bonds. The Morgan fingerprint density at radius 3 is 2.65 bits per heavy atom. The van der Waals surface area contributed by atoms with Crippen LogP contribution < -0.4 is 14.9 Å². The van der Waals surface area contributed by atoms with Crippen molar-refractivity contribution in [2.24, 2.45) is 5.10 Å². The van der Waals surface area contributed by atoms with Crippen molar-refractivity contribution in [2.75, 3.05) is 13.2 Å². The van der Waals surface area contributed by atoms with Gasteiger partial charge in [-0.1, -0.05) is 34.1 Å². The van der Waals surface area contributed by atoms with Crippen LogP contribution in [0, 0.1) is 0 Å². The first kappa shape index (κ1) is 17.0. The van der Waals surface area contributed by atoms with Crippen molar-refractivity contribution in [3.8, 4) is 11.5 Å². The van der Waals surface area contributed by atoms with Gasteiger partial charge in [0, 0.05) is 17.0 Å². The molecule has 0 aliphatic heterocycles. The summed E-state index contributed by atoms with van der Waals surface area (Å²) in [6.07, 6.45) is 1.54. The highest BCUT2D eigenvalue weighted by Gasteiger charge is 2.03. The molecule has 0 bridgehead atoms. The molecule has 120 valence electrons. The fraction of sp³-hybridized carbons (Fsp3) is 0.176. The number of ether oxygens (including phenoxy) is 2. The molecule has 0 atom stereocenters. The first-order chi connectivity index (χ1) is 11.1. The summed E-state index contributed by atoms with van der Waals surface area (Å²) in [5.41, 5.74) is 3.12. The Labute approximate surface area is 143 Å². The van der Waals surface area contributed by atoms with E-state index in [0.717, 1.165) is 15.8 Å². The molecule has 5 nitrogen and oxygen atoms in total. The Kier molecular flexibility index (Phi) is 6.62. The molecule has 0 saturated carbocycles. The van der Waals surface area contributed by atoms with Crippen LogP contribution in [0.15, 0.2) is 58.1 Å². The van der Waals surface area contributed by atoms with Crippen LogP contribution in [0.2, 0.25) is 0 Å². The highest BCUT2D eigenvalue weighted by molar-refractivity contribution is 9.10. The summed E-state index contributed by atoms with van der Waals surface area (Å²) < 4.78 is 12.2. The Morgan fingerprint density at radius 2 is 1.91 bits per heavy atom. The number of nitrogens with one attached hydrogen (secondary N) is 1. The number of rotatable bonds is 7. The third-order valence-corrected chi connectivity index (χ3v) is 3.24. The quantitative estimate of drug-likeness (QED) is 0.457. The second kappa shape index (κ2) is 8.95. The Balaban J connectivity index is 1.91. The monoisotopic (exact) mass is 376 g/mol. The van der Waals surface area contributed by atoms with E-state index in [2.05, 4.69) is 26.5 Å². The molecule has 0 spiro atoms. The maximum Gasteiger partial charge on any atom is 0.236 e. The van der Waals surface area contributed by atoms with Crippen molar-refractivity contribution >= 4 is 28.1 Å². The fourth-order valence-corrected chi connectivity index (χ4v) is 2.15. The van der Waals surface area contributed by atoms with Gasteiger partial charge >= 0.3 is 0 Å². The first-order valence-corrected chi connectivity index (χ1v) is 7.84. The predicted octanol–water partition coefficient (Wildman–Crippen LogP) is 3.38. The number of carbonyl (C=O) groups is 1. The lowest BCUT2D eigenvalue weighted by atomic mass is 10.2. The number of hydrazone groups is 1. The van der Waals surface area contributed by atoms with E-state index in [-0.39, 0.29) is 5.91 Å². The Morgan fingerprint density at radius 1 is 1.17 bits per heavy atom. The smallest absolute Gasteiger partial charge is 0.236 e. The molecule has 0 saturated heterocycles. The molecule has 0 aliphatic carbocycles. The van der Waals surface area contributed by atoms with Crippen molar-refractivity contribution in [3.63, 3.8) is 0 Å². The zero-order valence-electron chi connectivity index (χ0n) is 12.7. The van der Waals surface area contributed by atoms with Crippen molar-refractivity contribution < 1.29 is 14.3 Å². The van der Waals surface area contributed by atoms with Gasteiger partial charge < -0.3 is 9.47 Å². The summed E-state index contributed by atoms with van der Waals surface area (Å²) in [5, 5.41) is 3.86. The molecule has 1 N–H and O–H groups in total. The largest absolute Gasteiger partial charge is 0.490 e. The summed E-state index contributed by atoms with van der Waals surface area (Å²) in [4.78, 5) is 10.8. The number of hydrogen-bond acceptors (Lipinski definition) is 4. The third-order valence-electron chi connectivity index (χ3n) is 2.75. The van der Waals surface area contributed by atoms with E-state index in [1.807, 2.05) is 48.5 Å². The molecule has 2 rings (SSSR count). The maximum atomic E-state index is 10.8. The number of hydrogen-bond donors (Lipinski definition) is 1. The second-order valence-electron chi connectivity index (χ2n) is 4.62. The highest BCUT2D eigenvalue weighted by atomic mass is 79.9. The van der Waals surface area contributed by atoms with Gasteiger partial charge in [-0.15, -0.1) is 0 Å². The number of halogens is 1. The van der Waals surface area contributed by atoms with Gasteiger partial charge in [0.25, 0.3) is 0 Å². The van der Waals surface area contributed by atoms with E-state index in [0.29, 0.717) is 19.0 Å². The minimum atomic E-state index is -0.227. The van der Waals surface area contributed by atoms with Crippen LogP contribution >= 0.6 is 15.9 Å². The van der Waals surface area contributed by atoms with Crippen LogP contribution in [0.3, 0.4) is 0 Å². The molecule has 2 aromatic carbocycles. The number of para-hydroxylation sites is 1. The lowest BCUT2D eigenvalue weighted by Crippen LogP contribution is -2.13. The van der Waals surface area contributed by atoms with Gasteiger partial charge in [0.2, 0.25) is 5.91 Å². The third kappa shape index (κ3) is 6.12. The van der Waals surface area contributed by atoms with Gasteiger partial charge in [-0.25, -0.2) is 5.43 Å². The average molecular weight is 377 g/mol. The molecule has 0 aromatic heterocycles. The first-order valence-electron chi connectivity index (χ1n) is 7.05. The molecular weight excluding hydrogens is 360 g/mol. The average Bonchev–Trinajstić information content (AvgIpc) is 2.54. The van der Waals surface area contributed by atoms with Crippen molar-refractivity contribution in [3.05, 3.63) is 58.6 Å². The summed E-state index contributed by atoms with van der Waals surface area (Å²) in [6, 6.07) is 15.1. The fourth-order valence-electron chi connectivity index (χ4n) is 1.77. The van der Waals surface area contributed by atoms with Gasteiger partial charge in [-0.05, 0) is 30.3 Å². The van der Waals surface area contributed by atoms with Crippen LogP contribution in [-0.4, -0.2) is 25.3 Å². The summed E-state index contributed by atoms with van der Waals surface area (Å²) in [7, 11) is 0. The van der Waals surface area contributed by atoms with Gasteiger partial charge in [-0.3, -0.25) is 4.79 Å². The van der Waals surface area contributed by atoms with Gasteiger partial charge in [0.1, 0.15) is 24.7 Å². The molecule has 0 unspecified atom stereocenters. The van der Waals surface area contributed by atoms with Gasteiger partial charge in [0.15, 0.2) is 0 Å². The number of carbonyl (C=O) groups excluding carboxylic acids is 1. The van der Waals surface area contributed by atoms with Crippen molar-refractivity contribution in [2.45, 2.75) is 6.92 Å². The van der Waals surface area contributed by atoms with E-state index in [9.17, 15) is 4.79 Å². The van der Waals surface area contributed by atoms with E-state index in [1.165, 1.54) is 6.92 Å². The zero-order chi connectivity index (χ0) is 16.5. The molecule has 0 fully saturated rings. The van der Waals surface area contributed by atoms with Gasteiger partial charge in [0.05, 0.1) is 6.21 Å². The van der Waals surface area contributed by atoms with Crippen LogP contribution in [-0.2, 0) is 4.79 Å². The lowest BCUT2D eigenvalue weighted by molar-refractivity contribution is -0.118. The normalized spacial score (nSPS) is 10.5. The zero-order valence-corrected chi connectivity index (χ0v) is 14.2. The van der Waals surface area contributed by atoms with Crippen LogP contribution in [0.1, 0.15) is 12.5 Å². The summed E-state index contributed by atoms with van der Waals surface area (Å²) in [6.45, 7) is 2.23. The highest BCUT2D eigenvalue weighted by Crippen LogP contribution is 2.21. The van der Waals surface area contributed by atoms with Crippen molar-refractivity contribution in [1.82, 2.24) is 5.43 Å². The minimum absolute atomic E-state index is 0.227. The van der Waals surface area contributed by atoms with Crippen LogP contribution in [0.4, 0.5) is 0 Å².